The van der Waals surface area contributed by atoms with Gasteiger partial charge in [-0.3, -0.25) is 4.79 Å². The van der Waals surface area contributed by atoms with Gasteiger partial charge in [-0.05, 0) is 25.8 Å². The van der Waals surface area contributed by atoms with E-state index < -0.39 is 0 Å². The minimum atomic E-state index is 0.0847. The molecule has 2 rings (SSSR count). The lowest BCUT2D eigenvalue weighted by molar-refractivity contribution is -0.130. The van der Waals surface area contributed by atoms with E-state index in [2.05, 4.69) is 10.1 Å². The first-order valence-corrected chi connectivity index (χ1v) is 7.46. The van der Waals surface area contributed by atoms with E-state index >= 15 is 0 Å². The highest BCUT2D eigenvalue weighted by Gasteiger charge is 2.24. The molecule has 1 aliphatic heterocycles. The Labute approximate surface area is 126 Å². The van der Waals surface area contributed by atoms with Crippen LogP contribution >= 0.6 is 0 Å². The molecule has 1 aliphatic rings. The van der Waals surface area contributed by atoms with Gasteiger partial charge in [-0.2, -0.15) is 0 Å². The molecule has 0 N–H and O–H groups in total. The van der Waals surface area contributed by atoms with Gasteiger partial charge in [0, 0.05) is 39.9 Å². The molecule has 0 saturated carbocycles. The highest BCUT2D eigenvalue weighted by Crippen LogP contribution is 2.17. The van der Waals surface area contributed by atoms with E-state index in [9.17, 15) is 4.79 Å². The highest BCUT2D eigenvalue weighted by atomic mass is 16.5. The van der Waals surface area contributed by atoms with E-state index in [4.69, 9.17) is 9.26 Å². The number of likely N-dealkylation sites (N-methyl/N-ethyl adjacent to an activating group) is 1. The number of aryl methyl sites for hydroxylation is 1. The second kappa shape index (κ2) is 7.56. The Bertz CT molecular complexity index is 461. The van der Waals surface area contributed by atoms with E-state index in [1.165, 1.54) is 0 Å². The van der Waals surface area contributed by atoms with E-state index in [1.807, 2.05) is 24.9 Å². The Hall–Kier alpha value is -1.40. The maximum absolute atomic E-state index is 12.2. The van der Waals surface area contributed by atoms with Crippen molar-refractivity contribution >= 4 is 5.91 Å². The van der Waals surface area contributed by atoms with Gasteiger partial charge in [0.2, 0.25) is 5.91 Å². The summed E-state index contributed by atoms with van der Waals surface area (Å²) in [5, 5.41) is 3.81. The van der Waals surface area contributed by atoms with Crippen LogP contribution in [0.1, 0.15) is 17.9 Å². The van der Waals surface area contributed by atoms with Gasteiger partial charge in [-0.15, -0.1) is 0 Å². The van der Waals surface area contributed by atoms with Gasteiger partial charge in [-0.1, -0.05) is 5.16 Å². The zero-order valence-corrected chi connectivity index (χ0v) is 13.2. The van der Waals surface area contributed by atoms with Crippen molar-refractivity contribution in [1.29, 1.82) is 0 Å². The summed E-state index contributed by atoms with van der Waals surface area (Å²) in [7, 11) is 3.59. The van der Waals surface area contributed by atoms with Gasteiger partial charge in [0.05, 0.1) is 18.7 Å². The first-order valence-electron chi connectivity index (χ1n) is 7.46. The van der Waals surface area contributed by atoms with Gasteiger partial charge in [-0.25, -0.2) is 0 Å². The van der Waals surface area contributed by atoms with Crippen molar-refractivity contribution in [3.8, 4) is 0 Å². The molecule has 1 aromatic heterocycles. The molecule has 1 amide bonds. The van der Waals surface area contributed by atoms with Crippen LogP contribution in [0.4, 0.5) is 0 Å². The Kier molecular flexibility index (Phi) is 5.76. The van der Waals surface area contributed by atoms with Gasteiger partial charge in [0.15, 0.2) is 0 Å². The smallest absolute Gasteiger partial charge is 0.230 e. The molecule has 0 aliphatic carbocycles. The molecule has 2 heterocycles. The highest BCUT2D eigenvalue weighted by molar-refractivity contribution is 5.77. The van der Waals surface area contributed by atoms with Gasteiger partial charge >= 0.3 is 0 Å². The summed E-state index contributed by atoms with van der Waals surface area (Å²) in [5.74, 6) is 1.27. The summed E-state index contributed by atoms with van der Waals surface area (Å²) >= 11 is 0. The van der Waals surface area contributed by atoms with Gasteiger partial charge < -0.3 is 19.1 Å². The molecule has 1 fully saturated rings. The third kappa shape index (κ3) is 4.82. The molecule has 0 radical (unpaired) electrons. The minimum Gasteiger partial charge on any atom is -0.383 e. The van der Waals surface area contributed by atoms with E-state index in [-0.39, 0.29) is 12.3 Å². The van der Waals surface area contributed by atoms with Crippen LogP contribution in [0.2, 0.25) is 0 Å². The quantitative estimate of drug-likeness (QED) is 0.749. The average Bonchev–Trinajstić information content (AvgIpc) is 3.05. The largest absolute Gasteiger partial charge is 0.383 e. The summed E-state index contributed by atoms with van der Waals surface area (Å²) in [4.78, 5) is 16.4. The zero-order chi connectivity index (χ0) is 15.2. The fourth-order valence-corrected chi connectivity index (χ4v) is 2.76. The first kappa shape index (κ1) is 16.0. The standard InChI is InChI=1S/C15H25N3O3/c1-12-8-14(21-16-12)9-15(19)17(2)10-13-4-5-18(11-13)6-7-20-3/h8,13H,4-7,9-11H2,1-3H3/t13-/m0/s1. The number of rotatable bonds is 7. The second-order valence-corrected chi connectivity index (χ2v) is 5.83. The van der Waals surface area contributed by atoms with Crippen molar-refractivity contribution in [3.63, 3.8) is 0 Å². The minimum absolute atomic E-state index is 0.0847. The predicted octanol–water partition coefficient (Wildman–Crippen LogP) is 0.952. The average molecular weight is 295 g/mol. The summed E-state index contributed by atoms with van der Waals surface area (Å²) < 4.78 is 10.2. The van der Waals surface area contributed by atoms with Crippen molar-refractivity contribution in [2.75, 3.05) is 46.9 Å². The Morgan fingerprint density at radius 2 is 2.43 bits per heavy atom. The molecule has 1 aromatic rings. The van der Waals surface area contributed by atoms with Crippen molar-refractivity contribution in [1.82, 2.24) is 15.0 Å². The summed E-state index contributed by atoms with van der Waals surface area (Å²) in [6.07, 6.45) is 1.43. The van der Waals surface area contributed by atoms with Crippen molar-refractivity contribution in [2.24, 2.45) is 5.92 Å². The van der Waals surface area contributed by atoms with Crippen LogP contribution in [0.5, 0.6) is 0 Å². The molecule has 1 atom stereocenters. The lowest BCUT2D eigenvalue weighted by atomic mass is 10.1. The number of likely N-dealkylation sites (tertiary alicyclic amines) is 1. The van der Waals surface area contributed by atoms with Gasteiger partial charge in [0.1, 0.15) is 5.76 Å². The number of amides is 1. The summed E-state index contributed by atoms with van der Waals surface area (Å²) in [6.45, 7) is 6.54. The zero-order valence-electron chi connectivity index (χ0n) is 13.2. The molecule has 118 valence electrons. The summed E-state index contributed by atoms with van der Waals surface area (Å²) in [6, 6.07) is 1.81. The Morgan fingerprint density at radius 1 is 1.62 bits per heavy atom. The van der Waals surface area contributed by atoms with Crippen LogP contribution in [0.3, 0.4) is 0 Å². The summed E-state index contributed by atoms with van der Waals surface area (Å²) in [5.41, 5.74) is 0.810. The van der Waals surface area contributed by atoms with Crippen molar-refractivity contribution in [2.45, 2.75) is 19.8 Å². The third-order valence-corrected chi connectivity index (χ3v) is 3.94. The fraction of sp³-hybridized carbons (Fsp3) is 0.733. The number of ether oxygens (including phenoxy) is 1. The Balaban J connectivity index is 1.74. The maximum atomic E-state index is 12.2. The first-order chi connectivity index (χ1) is 10.1. The number of methoxy groups -OCH3 is 1. The SMILES string of the molecule is COCCN1CC[C@@H](CN(C)C(=O)Cc2cc(C)no2)C1. The van der Waals surface area contributed by atoms with E-state index in [0.717, 1.165) is 44.9 Å². The number of hydrogen-bond acceptors (Lipinski definition) is 5. The molecular formula is C15H25N3O3. The number of carbonyl (C=O) groups is 1. The monoisotopic (exact) mass is 295 g/mol. The van der Waals surface area contributed by atoms with Crippen LogP contribution in [0.15, 0.2) is 10.6 Å². The molecule has 1 saturated heterocycles. The molecule has 6 nitrogen and oxygen atoms in total. The third-order valence-electron chi connectivity index (χ3n) is 3.94. The van der Waals surface area contributed by atoms with Crippen molar-refractivity contribution < 1.29 is 14.1 Å². The fourth-order valence-electron chi connectivity index (χ4n) is 2.76. The molecule has 0 spiro atoms. The number of carbonyl (C=O) groups excluding carboxylic acids is 1. The van der Waals surface area contributed by atoms with Crippen LogP contribution in [0, 0.1) is 12.8 Å². The van der Waals surface area contributed by atoms with Crippen LogP contribution in [-0.4, -0.2) is 67.8 Å². The molecule has 0 bridgehead atoms. The van der Waals surface area contributed by atoms with Crippen LogP contribution in [-0.2, 0) is 16.0 Å². The lowest BCUT2D eigenvalue weighted by Crippen LogP contribution is -2.34. The normalized spacial score (nSPS) is 19.1. The van der Waals surface area contributed by atoms with E-state index in [0.29, 0.717) is 11.7 Å². The molecule has 21 heavy (non-hydrogen) atoms. The molecule has 6 heteroatoms. The predicted molar refractivity (Wildman–Crippen MR) is 79.0 cm³/mol. The molecular weight excluding hydrogens is 270 g/mol. The topological polar surface area (TPSA) is 58.8 Å². The molecule has 0 unspecified atom stereocenters. The second-order valence-electron chi connectivity index (χ2n) is 5.83. The number of hydrogen-bond donors (Lipinski definition) is 0. The van der Waals surface area contributed by atoms with Crippen LogP contribution in [0.25, 0.3) is 0 Å². The van der Waals surface area contributed by atoms with Gasteiger partial charge in [0.25, 0.3) is 0 Å². The van der Waals surface area contributed by atoms with Crippen LogP contribution < -0.4 is 0 Å². The lowest BCUT2D eigenvalue weighted by Gasteiger charge is -2.21. The Morgan fingerprint density at radius 3 is 3.10 bits per heavy atom. The van der Waals surface area contributed by atoms with Crippen molar-refractivity contribution in [3.05, 3.63) is 17.5 Å². The number of aromatic nitrogens is 1. The maximum Gasteiger partial charge on any atom is 0.230 e. The van der Waals surface area contributed by atoms with E-state index in [1.54, 1.807) is 7.11 Å². The number of nitrogens with zero attached hydrogens (tertiary/aromatic N) is 3. The molecule has 0 aromatic carbocycles.